The van der Waals surface area contributed by atoms with Crippen molar-refractivity contribution in [3.63, 3.8) is 0 Å². The first-order chi connectivity index (χ1) is 11.8. The molecule has 0 amide bonds. The highest BCUT2D eigenvalue weighted by molar-refractivity contribution is 7.92. The number of carboxylic acid groups (broad SMARTS) is 1. The molecule has 0 aliphatic heterocycles. The molecule has 0 radical (unpaired) electrons. The summed E-state index contributed by atoms with van der Waals surface area (Å²) in [5.41, 5.74) is 1.95. The molecule has 0 fully saturated rings. The van der Waals surface area contributed by atoms with Crippen molar-refractivity contribution in [3.8, 4) is 0 Å². The van der Waals surface area contributed by atoms with Crippen LogP contribution in [0.25, 0.3) is 22.7 Å². The highest BCUT2D eigenvalue weighted by Gasteiger charge is 2.15. The zero-order valence-electron chi connectivity index (χ0n) is 13.2. The maximum atomic E-state index is 11.7. The van der Waals surface area contributed by atoms with Gasteiger partial charge in [-0.25, -0.2) is 18.2 Å². The summed E-state index contributed by atoms with van der Waals surface area (Å²) in [7, 11) is -3.49. The summed E-state index contributed by atoms with van der Waals surface area (Å²) in [6, 6.07) is 10.2. The van der Waals surface area contributed by atoms with Gasteiger partial charge >= 0.3 is 5.97 Å². The van der Waals surface area contributed by atoms with Gasteiger partial charge in [0.1, 0.15) is 5.65 Å². The van der Waals surface area contributed by atoms with E-state index in [4.69, 9.17) is 0 Å². The Morgan fingerprint density at radius 2 is 1.96 bits per heavy atom. The Morgan fingerprint density at radius 3 is 2.60 bits per heavy atom. The van der Waals surface area contributed by atoms with Gasteiger partial charge < -0.3 is 10.1 Å². The lowest BCUT2D eigenvalue weighted by atomic mass is 10.0. The van der Waals surface area contributed by atoms with E-state index in [1.165, 1.54) is 18.3 Å². The SMILES string of the molecule is CS(=O)(=O)Nc1ccnc2[nH]cc(/C=C(/C(=O)O)c3ccccc3)c12. The minimum absolute atomic E-state index is 0.0932. The van der Waals surface area contributed by atoms with Crippen molar-refractivity contribution in [2.45, 2.75) is 0 Å². The van der Waals surface area contributed by atoms with Crippen molar-refractivity contribution in [2.75, 3.05) is 11.0 Å². The molecule has 8 heteroatoms. The standard InChI is InChI=1S/C17H15N3O4S/c1-25(23,24)20-14-7-8-18-16-15(14)12(10-19-16)9-13(17(21)22)11-5-3-2-4-6-11/h2-10H,1H3,(H,21,22)(H2,18,19,20)/b13-9+. The third-order valence-corrected chi connectivity index (χ3v) is 4.11. The summed E-state index contributed by atoms with van der Waals surface area (Å²) in [5.74, 6) is -1.08. The number of carbonyl (C=O) groups is 1. The quantitative estimate of drug-likeness (QED) is 0.608. The van der Waals surface area contributed by atoms with E-state index < -0.39 is 16.0 Å². The van der Waals surface area contributed by atoms with Gasteiger partial charge in [-0.2, -0.15) is 0 Å². The Morgan fingerprint density at radius 1 is 1.24 bits per heavy atom. The lowest BCUT2D eigenvalue weighted by molar-refractivity contribution is -0.130. The van der Waals surface area contributed by atoms with Crippen LogP contribution in [-0.2, 0) is 14.8 Å². The van der Waals surface area contributed by atoms with Crippen LogP contribution in [0.1, 0.15) is 11.1 Å². The predicted octanol–water partition coefficient (Wildman–Crippen LogP) is 2.56. The number of hydrogen-bond donors (Lipinski definition) is 3. The number of anilines is 1. The van der Waals surface area contributed by atoms with Gasteiger partial charge in [0.15, 0.2) is 0 Å². The molecule has 0 aliphatic carbocycles. The summed E-state index contributed by atoms with van der Waals surface area (Å²) >= 11 is 0. The third-order valence-electron chi connectivity index (χ3n) is 3.51. The van der Waals surface area contributed by atoms with Crippen molar-refractivity contribution in [2.24, 2.45) is 0 Å². The molecule has 0 bridgehead atoms. The van der Waals surface area contributed by atoms with Crippen LogP contribution in [0.4, 0.5) is 5.69 Å². The normalized spacial score (nSPS) is 12.3. The van der Waals surface area contributed by atoms with Gasteiger partial charge in [-0.3, -0.25) is 4.72 Å². The first kappa shape index (κ1) is 16.7. The van der Waals surface area contributed by atoms with Crippen molar-refractivity contribution in [1.29, 1.82) is 0 Å². The molecule has 2 aromatic heterocycles. The fraction of sp³-hybridized carbons (Fsp3) is 0.0588. The van der Waals surface area contributed by atoms with Gasteiger partial charge in [0.05, 0.1) is 22.9 Å². The van der Waals surface area contributed by atoms with E-state index in [-0.39, 0.29) is 5.57 Å². The monoisotopic (exact) mass is 357 g/mol. The number of benzene rings is 1. The van der Waals surface area contributed by atoms with Crippen molar-refractivity contribution < 1.29 is 18.3 Å². The van der Waals surface area contributed by atoms with Crippen LogP contribution >= 0.6 is 0 Å². The number of fused-ring (bicyclic) bond motifs is 1. The molecular weight excluding hydrogens is 342 g/mol. The van der Waals surface area contributed by atoms with E-state index in [0.29, 0.717) is 27.8 Å². The summed E-state index contributed by atoms with van der Waals surface area (Å²) in [6.07, 6.45) is 5.60. The number of aromatic amines is 1. The Hall–Kier alpha value is -3.13. The molecule has 0 aliphatic rings. The van der Waals surface area contributed by atoms with Gasteiger partial charge in [0.2, 0.25) is 10.0 Å². The minimum atomic E-state index is -3.49. The number of hydrogen-bond acceptors (Lipinski definition) is 4. The molecule has 0 unspecified atom stereocenters. The molecule has 3 aromatic rings. The lowest BCUT2D eigenvalue weighted by Crippen LogP contribution is -2.10. The second-order valence-corrected chi connectivity index (χ2v) is 7.18. The van der Waals surface area contributed by atoms with Crippen LogP contribution in [0.3, 0.4) is 0 Å². The number of H-pyrrole nitrogens is 1. The number of aromatic nitrogens is 2. The number of rotatable bonds is 5. The average molecular weight is 357 g/mol. The van der Waals surface area contributed by atoms with E-state index in [2.05, 4.69) is 14.7 Å². The van der Waals surface area contributed by atoms with Gasteiger partial charge in [-0.15, -0.1) is 0 Å². The van der Waals surface area contributed by atoms with Gasteiger partial charge in [-0.05, 0) is 17.7 Å². The van der Waals surface area contributed by atoms with E-state index in [1.54, 1.807) is 36.5 Å². The number of sulfonamides is 1. The highest BCUT2D eigenvalue weighted by Crippen LogP contribution is 2.29. The molecule has 0 spiro atoms. The lowest BCUT2D eigenvalue weighted by Gasteiger charge is -2.07. The molecule has 0 atom stereocenters. The molecule has 128 valence electrons. The van der Waals surface area contributed by atoms with Crippen molar-refractivity contribution in [1.82, 2.24) is 9.97 Å². The predicted molar refractivity (Wildman–Crippen MR) is 96.5 cm³/mol. The van der Waals surface area contributed by atoms with E-state index in [9.17, 15) is 18.3 Å². The molecule has 3 rings (SSSR count). The van der Waals surface area contributed by atoms with Crippen LogP contribution in [0, 0.1) is 0 Å². The maximum absolute atomic E-state index is 11.7. The molecule has 1 aromatic carbocycles. The zero-order valence-corrected chi connectivity index (χ0v) is 14.0. The van der Waals surface area contributed by atoms with Crippen LogP contribution in [-0.4, -0.2) is 35.7 Å². The molecule has 2 heterocycles. The second kappa shape index (κ2) is 6.40. The first-order valence-electron chi connectivity index (χ1n) is 7.29. The second-order valence-electron chi connectivity index (χ2n) is 5.43. The molecule has 25 heavy (non-hydrogen) atoms. The number of nitrogens with one attached hydrogen (secondary N) is 2. The highest BCUT2D eigenvalue weighted by atomic mass is 32.2. The van der Waals surface area contributed by atoms with Gasteiger partial charge in [-0.1, -0.05) is 30.3 Å². The fourth-order valence-corrected chi connectivity index (χ4v) is 3.09. The summed E-state index contributed by atoms with van der Waals surface area (Å²) in [5, 5.41) is 10.1. The average Bonchev–Trinajstić information content (AvgIpc) is 2.96. The Kier molecular flexibility index (Phi) is 4.28. The number of carboxylic acids is 1. The van der Waals surface area contributed by atoms with Gasteiger partial charge in [0.25, 0.3) is 0 Å². The summed E-state index contributed by atoms with van der Waals surface area (Å²) < 4.78 is 25.6. The van der Waals surface area contributed by atoms with Crippen LogP contribution in [0.15, 0.2) is 48.8 Å². The summed E-state index contributed by atoms with van der Waals surface area (Å²) in [4.78, 5) is 18.7. The van der Waals surface area contributed by atoms with E-state index >= 15 is 0 Å². The molecule has 0 saturated heterocycles. The molecule has 3 N–H and O–H groups in total. The topological polar surface area (TPSA) is 112 Å². The fourth-order valence-electron chi connectivity index (χ4n) is 2.52. The largest absolute Gasteiger partial charge is 0.478 e. The zero-order chi connectivity index (χ0) is 18.0. The first-order valence-corrected chi connectivity index (χ1v) is 9.18. The number of pyridine rings is 1. The Labute approximate surface area is 144 Å². The van der Waals surface area contributed by atoms with E-state index in [1.807, 2.05) is 0 Å². The summed E-state index contributed by atoms with van der Waals surface area (Å²) in [6.45, 7) is 0. The van der Waals surface area contributed by atoms with E-state index in [0.717, 1.165) is 6.26 Å². The number of aliphatic carboxylic acids is 1. The van der Waals surface area contributed by atoms with Crippen LogP contribution in [0.2, 0.25) is 0 Å². The van der Waals surface area contributed by atoms with Crippen LogP contribution in [0.5, 0.6) is 0 Å². The van der Waals surface area contributed by atoms with Gasteiger partial charge in [0, 0.05) is 18.0 Å². The molecule has 7 nitrogen and oxygen atoms in total. The molecular formula is C17H15N3O4S. The van der Waals surface area contributed by atoms with Crippen molar-refractivity contribution >= 4 is 44.4 Å². The minimum Gasteiger partial charge on any atom is -0.478 e. The Balaban J connectivity index is 2.20. The third kappa shape index (κ3) is 3.69. The smallest absolute Gasteiger partial charge is 0.336 e. The maximum Gasteiger partial charge on any atom is 0.336 e. The Bertz CT molecular complexity index is 1070. The number of nitrogens with zero attached hydrogens (tertiary/aromatic N) is 1. The van der Waals surface area contributed by atoms with Crippen LogP contribution < -0.4 is 4.72 Å². The molecule has 0 saturated carbocycles. The van der Waals surface area contributed by atoms with Crippen molar-refractivity contribution in [3.05, 3.63) is 59.9 Å².